The van der Waals surface area contributed by atoms with Crippen LogP contribution in [0.2, 0.25) is 0 Å². The molecule has 0 spiro atoms. The first-order valence-corrected chi connectivity index (χ1v) is 12.1. The number of benzene rings is 2. The number of nitrogens with one attached hydrogen (secondary N) is 1. The zero-order valence-electron chi connectivity index (χ0n) is 19.8. The number of anilines is 2. The average molecular weight is 493 g/mol. The molecule has 0 radical (unpaired) electrons. The number of methoxy groups -OCH3 is 1. The highest BCUT2D eigenvalue weighted by molar-refractivity contribution is 6.07. The maximum Gasteiger partial charge on any atom is 0.321 e. The van der Waals surface area contributed by atoms with Crippen LogP contribution in [-0.4, -0.2) is 58.4 Å². The molecule has 10 heteroatoms. The molecule has 2 amide bonds. The molecule has 8 nitrogen and oxygen atoms in total. The van der Waals surface area contributed by atoms with Crippen LogP contribution in [0, 0.1) is 11.6 Å². The molecular formula is C26H26F2N6O2. The number of ether oxygens (including phenoxy) is 1. The molecule has 2 saturated heterocycles. The van der Waals surface area contributed by atoms with Crippen LogP contribution in [0.25, 0.3) is 16.6 Å². The molecule has 36 heavy (non-hydrogen) atoms. The molecule has 4 heterocycles. The second kappa shape index (κ2) is 9.02. The molecule has 2 aromatic carbocycles. The fourth-order valence-electron chi connectivity index (χ4n) is 5.33. The average Bonchev–Trinajstić information content (AvgIpc) is 3.63. The van der Waals surface area contributed by atoms with E-state index in [1.165, 1.54) is 12.1 Å². The first kappa shape index (κ1) is 22.7. The highest BCUT2D eigenvalue weighted by atomic mass is 19.1. The van der Waals surface area contributed by atoms with Crippen LogP contribution in [0.1, 0.15) is 30.9 Å². The van der Waals surface area contributed by atoms with Gasteiger partial charge in [-0.05, 0) is 55.7 Å². The van der Waals surface area contributed by atoms with Crippen molar-refractivity contribution >= 4 is 34.1 Å². The molecule has 186 valence electrons. The molecule has 2 atom stereocenters. The highest BCUT2D eigenvalue weighted by Crippen LogP contribution is 2.37. The minimum Gasteiger partial charge on any atom is -0.380 e. The van der Waals surface area contributed by atoms with Crippen molar-refractivity contribution in [2.24, 2.45) is 0 Å². The molecule has 1 N–H and O–H groups in total. The Morgan fingerprint density at radius 2 is 2.03 bits per heavy atom. The molecule has 2 aliphatic rings. The summed E-state index contributed by atoms with van der Waals surface area (Å²) in [6, 6.07) is 10.5. The zero-order valence-corrected chi connectivity index (χ0v) is 19.8. The maximum atomic E-state index is 14.6. The lowest BCUT2D eigenvalue weighted by atomic mass is 10.0. The van der Waals surface area contributed by atoms with Crippen molar-refractivity contribution in [1.82, 2.24) is 19.5 Å². The van der Waals surface area contributed by atoms with Crippen molar-refractivity contribution in [3.8, 4) is 0 Å². The SMILES string of the molecule is CO[C@H]1CCN(C(=O)Nc2cccc3nn4ccc(N5CCC[C@@H]5c5cc(F)ccc5F)nc4c23)C1. The number of rotatable bonds is 4. The minimum atomic E-state index is -0.460. The first-order chi connectivity index (χ1) is 17.5. The number of nitrogens with zero attached hydrogens (tertiary/aromatic N) is 5. The van der Waals surface area contributed by atoms with Crippen molar-refractivity contribution in [2.45, 2.75) is 31.4 Å². The zero-order chi connectivity index (χ0) is 24.8. The van der Waals surface area contributed by atoms with Gasteiger partial charge in [0.05, 0.1) is 28.7 Å². The Bertz CT molecular complexity index is 1460. The van der Waals surface area contributed by atoms with Crippen molar-refractivity contribution in [3.05, 3.63) is 65.9 Å². The summed E-state index contributed by atoms with van der Waals surface area (Å²) in [5, 5.41) is 8.36. The molecule has 2 aromatic heterocycles. The third-order valence-corrected chi connectivity index (χ3v) is 7.16. The van der Waals surface area contributed by atoms with Crippen molar-refractivity contribution < 1.29 is 18.3 Å². The number of hydrogen-bond donors (Lipinski definition) is 1. The molecule has 0 aliphatic carbocycles. The third-order valence-electron chi connectivity index (χ3n) is 7.16. The summed E-state index contributed by atoms with van der Waals surface area (Å²) in [4.78, 5) is 21.6. The maximum absolute atomic E-state index is 14.6. The van der Waals surface area contributed by atoms with Gasteiger partial charge in [0, 0.05) is 38.5 Å². The Labute approximate surface area is 206 Å². The van der Waals surface area contributed by atoms with E-state index in [1.54, 1.807) is 16.5 Å². The summed E-state index contributed by atoms with van der Waals surface area (Å²) in [7, 11) is 1.66. The monoisotopic (exact) mass is 492 g/mol. The Kier molecular flexibility index (Phi) is 5.67. The molecule has 0 unspecified atom stereocenters. The van der Waals surface area contributed by atoms with E-state index in [2.05, 4.69) is 10.4 Å². The second-order valence-electron chi connectivity index (χ2n) is 9.29. The van der Waals surface area contributed by atoms with Crippen LogP contribution in [0.15, 0.2) is 48.7 Å². The summed E-state index contributed by atoms with van der Waals surface area (Å²) >= 11 is 0. The van der Waals surface area contributed by atoms with Crippen LogP contribution in [-0.2, 0) is 4.74 Å². The Hall–Kier alpha value is -3.79. The molecule has 0 bridgehead atoms. The van der Waals surface area contributed by atoms with E-state index in [-0.39, 0.29) is 18.2 Å². The van der Waals surface area contributed by atoms with Gasteiger partial charge in [-0.15, -0.1) is 0 Å². The van der Waals surface area contributed by atoms with Crippen LogP contribution in [0.5, 0.6) is 0 Å². The van der Waals surface area contributed by atoms with Gasteiger partial charge in [0.15, 0.2) is 5.65 Å². The van der Waals surface area contributed by atoms with E-state index in [0.29, 0.717) is 54.3 Å². The van der Waals surface area contributed by atoms with Gasteiger partial charge in [-0.3, -0.25) is 0 Å². The number of halogens is 2. The van der Waals surface area contributed by atoms with E-state index < -0.39 is 11.6 Å². The van der Waals surface area contributed by atoms with Crippen molar-refractivity contribution in [1.29, 1.82) is 0 Å². The summed E-state index contributed by atoms with van der Waals surface area (Å²) in [6.07, 6.45) is 4.20. The number of amides is 2. The molecule has 4 aromatic rings. The van der Waals surface area contributed by atoms with E-state index in [9.17, 15) is 13.6 Å². The number of aromatic nitrogens is 3. The fourth-order valence-corrected chi connectivity index (χ4v) is 5.33. The number of carbonyl (C=O) groups is 1. The van der Waals surface area contributed by atoms with E-state index in [4.69, 9.17) is 9.72 Å². The summed E-state index contributed by atoms with van der Waals surface area (Å²) < 4.78 is 35.6. The second-order valence-corrected chi connectivity index (χ2v) is 9.29. The Morgan fingerprint density at radius 1 is 1.14 bits per heavy atom. The third kappa shape index (κ3) is 3.91. The van der Waals surface area contributed by atoms with Gasteiger partial charge in [0.2, 0.25) is 0 Å². The number of hydrogen-bond acceptors (Lipinski definition) is 5. The standard InChI is InChI=1S/C26H26F2N6O2/c1-36-17-9-12-32(15-17)26(35)29-20-4-2-5-21-24(20)25-30-23(10-13-34(25)31-21)33-11-3-6-22(33)18-14-16(27)7-8-19(18)28/h2,4-5,7-8,10,13-14,17,22H,3,6,9,11-12,15H2,1H3,(H,29,35)/t17-,22+/m0/s1. The Morgan fingerprint density at radius 3 is 2.86 bits per heavy atom. The van der Waals surface area contributed by atoms with Gasteiger partial charge in [-0.25, -0.2) is 23.1 Å². The van der Waals surface area contributed by atoms with Crippen LogP contribution < -0.4 is 10.2 Å². The van der Waals surface area contributed by atoms with E-state index >= 15 is 0 Å². The smallest absolute Gasteiger partial charge is 0.321 e. The largest absolute Gasteiger partial charge is 0.380 e. The lowest BCUT2D eigenvalue weighted by Gasteiger charge is -2.26. The molecule has 2 aliphatic heterocycles. The van der Waals surface area contributed by atoms with Gasteiger partial charge in [0.25, 0.3) is 0 Å². The normalized spacial score (nSPS) is 20.1. The lowest BCUT2D eigenvalue weighted by molar-refractivity contribution is 0.111. The van der Waals surface area contributed by atoms with Crippen LogP contribution in [0.4, 0.5) is 25.1 Å². The predicted molar refractivity (Wildman–Crippen MR) is 132 cm³/mol. The number of likely N-dealkylation sites (tertiary alicyclic amines) is 1. The lowest BCUT2D eigenvalue weighted by Crippen LogP contribution is -2.33. The minimum absolute atomic E-state index is 0.0454. The van der Waals surface area contributed by atoms with Gasteiger partial charge in [-0.2, -0.15) is 5.10 Å². The number of fused-ring (bicyclic) bond motifs is 3. The fraction of sp³-hybridized carbons (Fsp3) is 0.346. The summed E-state index contributed by atoms with van der Waals surface area (Å²) in [5.74, 6) is -0.232. The van der Waals surface area contributed by atoms with Crippen LogP contribution in [0.3, 0.4) is 0 Å². The Balaban J connectivity index is 1.36. The van der Waals surface area contributed by atoms with Gasteiger partial charge >= 0.3 is 6.03 Å². The van der Waals surface area contributed by atoms with Crippen LogP contribution >= 0.6 is 0 Å². The van der Waals surface area contributed by atoms with Gasteiger partial charge < -0.3 is 19.9 Å². The van der Waals surface area contributed by atoms with E-state index in [0.717, 1.165) is 24.3 Å². The molecule has 2 fully saturated rings. The van der Waals surface area contributed by atoms with E-state index in [1.807, 2.05) is 35.4 Å². The first-order valence-electron chi connectivity index (χ1n) is 12.1. The predicted octanol–water partition coefficient (Wildman–Crippen LogP) is 4.75. The number of carbonyl (C=O) groups excluding carboxylic acids is 1. The number of urea groups is 1. The molecular weight excluding hydrogens is 466 g/mol. The summed E-state index contributed by atoms with van der Waals surface area (Å²) in [6.45, 7) is 1.85. The molecule has 6 rings (SSSR count). The topological polar surface area (TPSA) is 75.0 Å². The van der Waals surface area contributed by atoms with Crippen molar-refractivity contribution in [2.75, 3.05) is 37.0 Å². The molecule has 0 saturated carbocycles. The van der Waals surface area contributed by atoms with Gasteiger partial charge in [0.1, 0.15) is 17.5 Å². The van der Waals surface area contributed by atoms with Gasteiger partial charge in [-0.1, -0.05) is 6.07 Å². The summed E-state index contributed by atoms with van der Waals surface area (Å²) in [5.41, 5.74) is 2.23. The quantitative estimate of drug-likeness (QED) is 0.445. The van der Waals surface area contributed by atoms with Crippen molar-refractivity contribution in [3.63, 3.8) is 0 Å². The highest BCUT2D eigenvalue weighted by Gasteiger charge is 2.30.